The summed E-state index contributed by atoms with van der Waals surface area (Å²) in [6.07, 6.45) is 4.72. The molecular weight excluding hydrogens is 549 g/mol. The number of nitriles is 1. The summed E-state index contributed by atoms with van der Waals surface area (Å²) in [6, 6.07) is 14.3. The number of aryl methyl sites for hydroxylation is 1. The molecule has 0 radical (unpaired) electrons. The van der Waals surface area contributed by atoms with Crippen LogP contribution < -0.4 is 0 Å². The molecule has 0 saturated carbocycles. The summed E-state index contributed by atoms with van der Waals surface area (Å²) in [5.74, 6) is -1.35. The van der Waals surface area contributed by atoms with E-state index in [2.05, 4.69) is 9.97 Å². The zero-order valence-corrected chi connectivity index (χ0v) is 23.1. The molecule has 2 atom stereocenters. The molecule has 1 amide bonds. The van der Waals surface area contributed by atoms with Crippen molar-refractivity contribution in [1.82, 2.24) is 19.4 Å². The molecule has 0 saturated heterocycles. The number of carbonyl (C=O) groups is 1. The van der Waals surface area contributed by atoms with E-state index in [1.165, 1.54) is 29.6 Å². The topological polar surface area (TPSA) is 125 Å². The van der Waals surface area contributed by atoms with E-state index < -0.39 is 29.7 Å². The van der Waals surface area contributed by atoms with Crippen molar-refractivity contribution in [2.45, 2.75) is 31.2 Å². The lowest BCUT2D eigenvalue weighted by molar-refractivity contribution is -0.120. The normalized spacial score (nSPS) is 17.8. The zero-order chi connectivity index (χ0) is 29.4. The number of aliphatic hydroxyl groups excluding tert-OH is 1. The molecule has 0 aliphatic carbocycles. The molecular formula is C30H27ClFN5O4. The lowest BCUT2D eigenvalue weighted by Crippen LogP contribution is -2.47. The molecule has 41 heavy (non-hydrogen) atoms. The van der Waals surface area contributed by atoms with Gasteiger partial charge < -0.3 is 19.5 Å². The Labute approximate surface area is 241 Å². The summed E-state index contributed by atoms with van der Waals surface area (Å²) in [5, 5.41) is 31.0. The fourth-order valence-corrected chi connectivity index (χ4v) is 5.40. The number of hydrogen-bond acceptors (Lipinski definition) is 7. The zero-order valence-electron chi connectivity index (χ0n) is 22.4. The lowest BCUT2D eigenvalue weighted by atomic mass is 9.84. The number of amides is 1. The largest absolute Gasteiger partial charge is 0.394 e. The Morgan fingerprint density at radius 2 is 1.95 bits per heavy atom. The number of aliphatic hydroxyl groups is 2. The maximum atomic E-state index is 16.5. The third-order valence-corrected chi connectivity index (χ3v) is 7.57. The van der Waals surface area contributed by atoms with Gasteiger partial charge in [-0.3, -0.25) is 14.7 Å². The van der Waals surface area contributed by atoms with Crippen molar-refractivity contribution >= 4 is 17.5 Å². The molecule has 0 unspecified atom stereocenters. The highest BCUT2D eigenvalue weighted by atomic mass is 35.5. The Morgan fingerprint density at radius 1 is 1.20 bits per heavy atom. The Morgan fingerprint density at radius 3 is 2.54 bits per heavy atom. The first-order chi connectivity index (χ1) is 19.7. The van der Waals surface area contributed by atoms with Gasteiger partial charge in [0, 0.05) is 30.0 Å². The fraction of sp³-hybridized carbons (Fsp3) is 0.267. The van der Waals surface area contributed by atoms with E-state index in [0.29, 0.717) is 27.5 Å². The van der Waals surface area contributed by atoms with E-state index in [4.69, 9.17) is 16.3 Å². The maximum absolute atomic E-state index is 16.5. The van der Waals surface area contributed by atoms with Gasteiger partial charge in [0.25, 0.3) is 5.91 Å². The second-order valence-corrected chi connectivity index (χ2v) is 10.2. The molecule has 1 aliphatic rings. The standard InChI is InChI=1S/C30H27ClFN5O4/c1-3-29(40,26-17-36(2)18-35-26)21-12-24-27(25(32)13-21)30(41-11-10-38,20-5-7-22(31)8-6-20)37(28(24)39)16-23-9-4-19(14-33)15-34-23/h4-9,12-13,15,17-18,38,40H,3,10-11,16H2,1-2H3/t29-,30-/m1/s1. The average molecular weight is 576 g/mol. The van der Waals surface area contributed by atoms with Gasteiger partial charge in [-0.05, 0) is 48.4 Å². The number of imidazole rings is 1. The molecule has 2 aromatic heterocycles. The number of rotatable bonds is 9. The number of hydrogen-bond donors (Lipinski definition) is 2. The minimum atomic E-state index is -1.80. The molecule has 2 N–H and O–H groups in total. The van der Waals surface area contributed by atoms with Crippen LogP contribution in [0.5, 0.6) is 0 Å². The number of halogens is 2. The van der Waals surface area contributed by atoms with Crippen LogP contribution in [0.3, 0.4) is 0 Å². The predicted octanol–water partition coefficient (Wildman–Crippen LogP) is 3.99. The lowest BCUT2D eigenvalue weighted by Gasteiger charge is -2.39. The van der Waals surface area contributed by atoms with Gasteiger partial charge in [0.15, 0.2) is 5.72 Å². The van der Waals surface area contributed by atoms with E-state index in [1.54, 1.807) is 61.1 Å². The third kappa shape index (κ3) is 4.77. The predicted molar refractivity (Wildman–Crippen MR) is 147 cm³/mol. The summed E-state index contributed by atoms with van der Waals surface area (Å²) in [7, 11) is 1.76. The minimum absolute atomic E-state index is 0.00987. The Kier molecular flexibility index (Phi) is 7.64. The maximum Gasteiger partial charge on any atom is 0.257 e. The van der Waals surface area contributed by atoms with Crippen LogP contribution in [0.1, 0.15) is 57.3 Å². The number of ether oxygens (including phenoxy) is 1. The van der Waals surface area contributed by atoms with E-state index in [1.807, 2.05) is 6.07 Å². The first-order valence-corrected chi connectivity index (χ1v) is 13.3. The molecule has 11 heteroatoms. The van der Waals surface area contributed by atoms with Crippen LogP contribution in [0.4, 0.5) is 4.39 Å². The van der Waals surface area contributed by atoms with Gasteiger partial charge in [-0.25, -0.2) is 9.37 Å². The van der Waals surface area contributed by atoms with Crippen LogP contribution in [0.2, 0.25) is 5.02 Å². The quantitative estimate of drug-likeness (QED) is 0.309. The first kappa shape index (κ1) is 28.4. The van der Waals surface area contributed by atoms with Gasteiger partial charge in [0.1, 0.15) is 17.5 Å². The van der Waals surface area contributed by atoms with Gasteiger partial charge in [-0.1, -0.05) is 30.7 Å². The number of fused-ring (bicyclic) bond motifs is 1. The van der Waals surface area contributed by atoms with Crippen LogP contribution in [0.15, 0.2) is 67.3 Å². The molecule has 210 valence electrons. The molecule has 5 rings (SSSR count). The highest BCUT2D eigenvalue weighted by molar-refractivity contribution is 6.30. The molecule has 0 spiro atoms. The monoisotopic (exact) mass is 575 g/mol. The van der Waals surface area contributed by atoms with E-state index >= 15 is 4.39 Å². The molecule has 4 aromatic rings. The minimum Gasteiger partial charge on any atom is -0.394 e. The van der Waals surface area contributed by atoms with E-state index in [0.717, 1.165) is 0 Å². The van der Waals surface area contributed by atoms with Crippen molar-refractivity contribution in [2.24, 2.45) is 7.05 Å². The van der Waals surface area contributed by atoms with Crippen molar-refractivity contribution in [2.75, 3.05) is 13.2 Å². The SMILES string of the molecule is CC[C@@](O)(c1cc(F)c2c(c1)C(=O)N(Cc1ccc(C#N)cn1)[C@@]2(OCCO)c1ccc(Cl)cc1)c1cn(C)cn1. The summed E-state index contributed by atoms with van der Waals surface area (Å²) in [4.78, 5) is 24.1. The Hall–Kier alpha value is -4.14. The van der Waals surface area contributed by atoms with Crippen LogP contribution in [0.25, 0.3) is 0 Å². The van der Waals surface area contributed by atoms with Gasteiger partial charge in [0.2, 0.25) is 0 Å². The van der Waals surface area contributed by atoms with Crippen molar-refractivity contribution < 1.29 is 24.1 Å². The summed E-state index contributed by atoms with van der Waals surface area (Å²) in [5.41, 5.74) is -1.90. The highest BCUT2D eigenvalue weighted by Crippen LogP contribution is 2.49. The van der Waals surface area contributed by atoms with Crippen LogP contribution in [0, 0.1) is 17.1 Å². The fourth-order valence-electron chi connectivity index (χ4n) is 5.27. The number of pyridine rings is 1. The Bertz CT molecular complexity index is 1640. The molecule has 0 fully saturated rings. The summed E-state index contributed by atoms with van der Waals surface area (Å²) < 4.78 is 24.4. The third-order valence-electron chi connectivity index (χ3n) is 7.31. The number of benzene rings is 2. The Balaban J connectivity index is 1.74. The van der Waals surface area contributed by atoms with E-state index in [9.17, 15) is 20.3 Å². The van der Waals surface area contributed by atoms with Crippen molar-refractivity contribution in [3.05, 3.63) is 117 Å². The number of nitrogens with zero attached hydrogens (tertiary/aromatic N) is 5. The molecule has 1 aliphatic heterocycles. The van der Waals surface area contributed by atoms with Crippen LogP contribution in [-0.4, -0.2) is 48.8 Å². The van der Waals surface area contributed by atoms with Gasteiger partial charge in [0.05, 0.1) is 54.2 Å². The second kappa shape index (κ2) is 11.0. The number of aromatic nitrogens is 3. The smallest absolute Gasteiger partial charge is 0.257 e. The summed E-state index contributed by atoms with van der Waals surface area (Å²) >= 11 is 6.16. The van der Waals surface area contributed by atoms with Crippen molar-refractivity contribution in [3.63, 3.8) is 0 Å². The first-order valence-electron chi connectivity index (χ1n) is 12.9. The average Bonchev–Trinajstić information content (AvgIpc) is 3.52. The van der Waals surface area contributed by atoms with Crippen molar-refractivity contribution in [3.8, 4) is 6.07 Å². The van der Waals surface area contributed by atoms with Crippen LogP contribution in [-0.2, 0) is 29.7 Å². The van der Waals surface area contributed by atoms with Crippen LogP contribution >= 0.6 is 11.6 Å². The molecule has 2 aromatic carbocycles. The van der Waals surface area contributed by atoms with Gasteiger partial charge >= 0.3 is 0 Å². The summed E-state index contributed by atoms with van der Waals surface area (Å²) in [6.45, 7) is 1.02. The van der Waals surface area contributed by atoms with Gasteiger partial charge in [-0.2, -0.15) is 5.26 Å². The highest BCUT2D eigenvalue weighted by Gasteiger charge is 2.55. The molecule has 9 nitrogen and oxygen atoms in total. The van der Waals surface area contributed by atoms with Gasteiger partial charge in [-0.15, -0.1) is 0 Å². The molecule has 3 heterocycles. The van der Waals surface area contributed by atoms with Crippen molar-refractivity contribution in [1.29, 1.82) is 5.26 Å². The second-order valence-electron chi connectivity index (χ2n) is 9.78. The van der Waals surface area contributed by atoms with E-state index in [-0.39, 0.29) is 36.3 Å². The number of carbonyl (C=O) groups excluding carboxylic acids is 1. The molecule has 0 bridgehead atoms.